The van der Waals surface area contributed by atoms with Gasteiger partial charge in [0.25, 0.3) is 11.6 Å². The number of nitrogens with zero attached hydrogens (tertiary/aromatic N) is 3. The van der Waals surface area contributed by atoms with Crippen LogP contribution in [-0.4, -0.2) is 35.9 Å². The zero-order valence-electron chi connectivity index (χ0n) is 14.5. The summed E-state index contributed by atoms with van der Waals surface area (Å²) in [5.41, 5.74) is 1.40. The van der Waals surface area contributed by atoms with Crippen LogP contribution in [0.1, 0.15) is 28.8 Å². The molecule has 26 heavy (non-hydrogen) atoms. The van der Waals surface area contributed by atoms with Crippen LogP contribution >= 0.6 is 0 Å². The number of halogens is 1. The number of anilines is 1. The topological polar surface area (TPSA) is 66.7 Å². The predicted octanol–water partition coefficient (Wildman–Crippen LogP) is 3.61. The van der Waals surface area contributed by atoms with E-state index in [9.17, 15) is 19.3 Å². The van der Waals surface area contributed by atoms with Crippen molar-refractivity contribution in [2.75, 3.05) is 25.0 Å². The van der Waals surface area contributed by atoms with Crippen LogP contribution in [-0.2, 0) is 6.54 Å². The van der Waals surface area contributed by atoms with Crippen molar-refractivity contribution in [1.29, 1.82) is 0 Å². The van der Waals surface area contributed by atoms with Gasteiger partial charge in [-0.25, -0.2) is 4.39 Å². The van der Waals surface area contributed by atoms with E-state index in [0.29, 0.717) is 11.3 Å². The molecular weight excluding hydrogens is 337 g/mol. The van der Waals surface area contributed by atoms with Gasteiger partial charge in [-0.1, -0.05) is 12.1 Å². The summed E-state index contributed by atoms with van der Waals surface area (Å²) in [6, 6.07) is 10.6. The average molecular weight is 357 g/mol. The highest BCUT2D eigenvalue weighted by Crippen LogP contribution is 2.32. The maximum Gasteiger partial charge on any atom is 0.293 e. The molecule has 0 aromatic heterocycles. The summed E-state index contributed by atoms with van der Waals surface area (Å²) < 4.78 is 13.3. The molecule has 1 saturated heterocycles. The zero-order valence-corrected chi connectivity index (χ0v) is 14.5. The third kappa shape index (κ3) is 3.82. The van der Waals surface area contributed by atoms with Crippen LogP contribution in [0.25, 0.3) is 0 Å². The van der Waals surface area contributed by atoms with Crippen molar-refractivity contribution >= 4 is 17.3 Å². The van der Waals surface area contributed by atoms with Crippen LogP contribution in [0.3, 0.4) is 0 Å². The standard InChI is InChI=1S/C19H20FN3O3/c1-21(13-14-5-4-6-16(20)11-14)19(24)15-7-8-17(18(12-15)23(25)26)22-9-2-3-10-22/h4-8,11-12H,2-3,9-10,13H2,1H3. The first-order chi connectivity index (χ1) is 12.5. The third-order valence-electron chi connectivity index (χ3n) is 4.52. The van der Waals surface area contributed by atoms with Gasteiger partial charge in [-0.3, -0.25) is 14.9 Å². The number of hydrogen-bond acceptors (Lipinski definition) is 4. The number of carbonyl (C=O) groups excluding carboxylic acids is 1. The van der Waals surface area contributed by atoms with Gasteiger partial charge >= 0.3 is 0 Å². The van der Waals surface area contributed by atoms with Gasteiger partial charge in [0.05, 0.1) is 4.92 Å². The first kappa shape index (κ1) is 17.8. The van der Waals surface area contributed by atoms with E-state index in [0.717, 1.165) is 25.9 Å². The maximum atomic E-state index is 13.3. The number of carbonyl (C=O) groups is 1. The number of hydrogen-bond donors (Lipinski definition) is 0. The number of benzene rings is 2. The molecule has 1 aliphatic rings. The molecule has 2 aromatic rings. The minimum Gasteiger partial charge on any atom is -0.366 e. The van der Waals surface area contributed by atoms with Crippen LogP contribution in [0.4, 0.5) is 15.8 Å². The summed E-state index contributed by atoms with van der Waals surface area (Å²) in [5, 5.41) is 11.5. The van der Waals surface area contributed by atoms with Crippen molar-refractivity contribution in [2.24, 2.45) is 0 Å². The first-order valence-corrected chi connectivity index (χ1v) is 8.49. The molecule has 0 atom stereocenters. The van der Waals surface area contributed by atoms with Crippen LogP contribution in [0.15, 0.2) is 42.5 Å². The molecule has 3 rings (SSSR count). The quantitative estimate of drug-likeness (QED) is 0.606. The zero-order chi connectivity index (χ0) is 18.7. The lowest BCUT2D eigenvalue weighted by Crippen LogP contribution is -2.26. The van der Waals surface area contributed by atoms with Gasteiger partial charge in [0.15, 0.2) is 0 Å². The maximum absolute atomic E-state index is 13.3. The normalized spacial score (nSPS) is 13.7. The molecule has 2 aromatic carbocycles. The van der Waals surface area contributed by atoms with Gasteiger partial charge in [0.2, 0.25) is 0 Å². The molecule has 1 fully saturated rings. The lowest BCUT2D eigenvalue weighted by molar-refractivity contribution is -0.384. The molecule has 1 heterocycles. The largest absolute Gasteiger partial charge is 0.366 e. The van der Waals surface area contributed by atoms with Crippen molar-refractivity contribution in [3.05, 3.63) is 69.5 Å². The van der Waals surface area contributed by atoms with Crippen molar-refractivity contribution < 1.29 is 14.1 Å². The Labute approximate surface area is 151 Å². The van der Waals surface area contributed by atoms with Gasteiger partial charge in [-0.2, -0.15) is 0 Å². The van der Waals surface area contributed by atoms with Gasteiger partial charge in [0.1, 0.15) is 11.5 Å². The fraction of sp³-hybridized carbons (Fsp3) is 0.316. The Morgan fingerprint density at radius 2 is 1.96 bits per heavy atom. The van der Waals surface area contributed by atoms with E-state index >= 15 is 0 Å². The van der Waals surface area contributed by atoms with Crippen LogP contribution in [0.5, 0.6) is 0 Å². The molecule has 0 saturated carbocycles. The molecule has 1 aliphatic heterocycles. The van der Waals surface area contributed by atoms with Crippen LogP contribution in [0, 0.1) is 15.9 Å². The fourth-order valence-corrected chi connectivity index (χ4v) is 3.23. The number of nitro groups is 1. The Bertz CT molecular complexity index is 835. The van der Waals surface area contributed by atoms with Crippen LogP contribution < -0.4 is 4.90 Å². The molecule has 0 bridgehead atoms. The van der Waals surface area contributed by atoms with Crippen molar-refractivity contribution in [2.45, 2.75) is 19.4 Å². The molecule has 0 radical (unpaired) electrons. The average Bonchev–Trinajstić information content (AvgIpc) is 3.15. The summed E-state index contributed by atoms with van der Waals surface area (Å²) in [6.07, 6.45) is 2.02. The van der Waals surface area contributed by atoms with E-state index in [1.54, 1.807) is 31.3 Å². The lowest BCUT2D eigenvalue weighted by atomic mass is 10.1. The summed E-state index contributed by atoms with van der Waals surface area (Å²) in [6.45, 7) is 1.79. The molecule has 0 N–H and O–H groups in total. The minimum atomic E-state index is -0.447. The van der Waals surface area contributed by atoms with E-state index in [4.69, 9.17) is 0 Å². The Morgan fingerprint density at radius 1 is 1.23 bits per heavy atom. The van der Waals surface area contributed by atoms with Gasteiger partial charge < -0.3 is 9.80 Å². The second-order valence-corrected chi connectivity index (χ2v) is 6.45. The van der Waals surface area contributed by atoms with Crippen molar-refractivity contribution in [3.63, 3.8) is 0 Å². The Morgan fingerprint density at radius 3 is 2.62 bits per heavy atom. The summed E-state index contributed by atoms with van der Waals surface area (Å²) >= 11 is 0. The lowest BCUT2D eigenvalue weighted by Gasteiger charge is -2.20. The van der Waals surface area contributed by atoms with E-state index in [-0.39, 0.29) is 29.5 Å². The van der Waals surface area contributed by atoms with Crippen molar-refractivity contribution in [3.8, 4) is 0 Å². The van der Waals surface area contributed by atoms with Crippen molar-refractivity contribution in [1.82, 2.24) is 4.90 Å². The summed E-state index contributed by atoms with van der Waals surface area (Å²) in [5.74, 6) is -0.709. The van der Waals surface area contributed by atoms with Crippen LogP contribution in [0.2, 0.25) is 0 Å². The third-order valence-corrected chi connectivity index (χ3v) is 4.52. The van der Waals surface area contributed by atoms with Gasteiger partial charge in [-0.05, 0) is 42.7 Å². The number of nitro benzene ring substituents is 1. The number of amides is 1. The Kier molecular flexibility index (Phi) is 5.16. The monoisotopic (exact) mass is 357 g/mol. The van der Waals surface area contributed by atoms with E-state index in [2.05, 4.69) is 0 Å². The predicted molar refractivity (Wildman–Crippen MR) is 96.7 cm³/mol. The molecule has 0 unspecified atom stereocenters. The molecule has 1 amide bonds. The fourth-order valence-electron chi connectivity index (χ4n) is 3.23. The number of rotatable bonds is 5. The molecule has 136 valence electrons. The highest BCUT2D eigenvalue weighted by molar-refractivity contribution is 5.95. The molecule has 0 spiro atoms. The molecule has 0 aliphatic carbocycles. The Hall–Kier alpha value is -2.96. The highest BCUT2D eigenvalue weighted by Gasteiger charge is 2.24. The molecule has 6 nitrogen and oxygen atoms in total. The van der Waals surface area contributed by atoms with Gasteiger partial charge in [-0.15, -0.1) is 0 Å². The summed E-state index contributed by atoms with van der Waals surface area (Å²) in [7, 11) is 1.59. The molecule has 7 heteroatoms. The van der Waals surface area contributed by atoms with E-state index in [1.165, 1.54) is 23.1 Å². The SMILES string of the molecule is CN(Cc1cccc(F)c1)C(=O)c1ccc(N2CCCC2)c([N+](=O)[O-])c1. The van der Waals surface area contributed by atoms with E-state index < -0.39 is 4.92 Å². The van der Waals surface area contributed by atoms with Gasteiger partial charge in [0, 0.05) is 38.3 Å². The first-order valence-electron chi connectivity index (χ1n) is 8.49. The smallest absolute Gasteiger partial charge is 0.293 e. The van der Waals surface area contributed by atoms with E-state index in [1.807, 2.05) is 4.90 Å². The summed E-state index contributed by atoms with van der Waals surface area (Å²) in [4.78, 5) is 27.0. The Balaban J connectivity index is 1.82. The second-order valence-electron chi connectivity index (χ2n) is 6.45. The second kappa shape index (κ2) is 7.51. The molecular formula is C19H20FN3O3. The highest BCUT2D eigenvalue weighted by atomic mass is 19.1. The minimum absolute atomic E-state index is 0.0584.